The van der Waals surface area contributed by atoms with Crippen molar-refractivity contribution in [3.63, 3.8) is 0 Å². The third-order valence-corrected chi connectivity index (χ3v) is 5.04. The molecule has 1 amide bonds. The van der Waals surface area contributed by atoms with Crippen LogP contribution < -0.4 is 10.1 Å². The number of carbonyl (C=O) groups is 1. The van der Waals surface area contributed by atoms with E-state index >= 15 is 0 Å². The Morgan fingerprint density at radius 3 is 2.76 bits per heavy atom. The van der Waals surface area contributed by atoms with Crippen LogP contribution in [0.3, 0.4) is 0 Å². The van der Waals surface area contributed by atoms with Crippen molar-refractivity contribution in [3.05, 3.63) is 84.2 Å². The molecule has 4 rings (SSSR count). The van der Waals surface area contributed by atoms with Crippen LogP contribution in [0.5, 0.6) is 5.75 Å². The van der Waals surface area contributed by atoms with Gasteiger partial charge in [0.2, 0.25) is 5.91 Å². The number of rotatable bonds is 7. The summed E-state index contributed by atoms with van der Waals surface area (Å²) in [5.41, 5.74) is 2.23. The van der Waals surface area contributed by atoms with Crippen molar-refractivity contribution in [2.45, 2.75) is 25.6 Å². The van der Waals surface area contributed by atoms with Crippen LogP contribution in [0.2, 0.25) is 0 Å². The second-order valence-electron chi connectivity index (χ2n) is 7.27. The lowest BCUT2D eigenvalue weighted by atomic mass is 10.1. The standard InChI is InChI=1S/C23H26N4O2/c28-23(24-12-6-14-27-15-7-13-25-27)18-26-16-20-10-4-5-11-21(20)29-22(17-26)19-8-2-1-3-9-19/h1-5,7-11,13,15,22H,6,12,14,16-18H2,(H,24,28). The van der Waals surface area contributed by atoms with E-state index in [-0.39, 0.29) is 12.0 Å². The van der Waals surface area contributed by atoms with Gasteiger partial charge in [0, 0.05) is 44.1 Å². The van der Waals surface area contributed by atoms with Gasteiger partial charge in [-0.1, -0.05) is 48.5 Å². The first-order valence-electron chi connectivity index (χ1n) is 10.0. The predicted octanol–water partition coefficient (Wildman–Crippen LogP) is 3.03. The molecule has 2 heterocycles. The van der Waals surface area contributed by atoms with Crippen molar-refractivity contribution in [3.8, 4) is 5.75 Å². The number of hydrogen-bond acceptors (Lipinski definition) is 4. The molecule has 0 spiro atoms. The van der Waals surface area contributed by atoms with Crippen LogP contribution in [0, 0.1) is 0 Å². The smallest absolute Gasteiger partial charge is 0.234 e. The minimum absolute atomic E-state index is 0.0386. The molecule has 1 aromatic heterocycles. The van der Waals surface area contributed by atoms with Crippen LogP contribution in [0.15, 0.2) is 73.1 Å². The van der Waals surface area contributed by atoms with Crippen molar-refractivity contribution in [1.82, 2.24) is 20.0 Å². The molecule has 1 aliphatic rings. The van der Waals surface area contributed by atoms with Crippen molar-refractivity contribution < 1.29 is 9.53 Å². The number of ether oxygens (including phenoxy) is 1. The predicted molar refractivity (Wildman–Crippen MR) is 111 cm³/mol. The molecule has 1 N–H and O–H groups in total. The number of nitrogens with one attached hydrogen (secondary N) is 1. The van der Waals surface area contributed by atoms with Gasteiger partial charge in [-0.15, -0.1) is 0 Å². The Balaban J connectivity index is 1.37. The summed E-state index contributed by atoms with van der Waals surface area (Å²) in [5.74, 6) is 0.931. The second kappa shape index (κ2) is 9.39. The number of fused-ring (bicyclic) bond motifs is 1. The van der Waals surface area contributed by atoms with E-state index in [1.54, 1.807) is 6.20 Å². The van der Waals surface area contributed by atoms with E-state index < -0.39 is 0 Å². The number of para-hydroxylation sites is 1. The van der Waals surface area contributed by atoms with Crippen molar-refractivity contribution in [2.24, 2.45) is 0 Å². The highest BCUT2D eigenvalue weighted by molar-refractivity contribution is 5.78. The topological polar surface area (TPSA) is 59.4 Å². The molecular formula is C23H26N4O2. The molecule has 1 unspecified atom stereocenters. The summed E-state index contributed by atoms with van der Waals surface area (Å²) in [6.07, 6.45) is 4.44. The maximum atomic E-state index is 12.5. The summed E-state index contributed by atoms with van der Waals surface area (Å²) in [7, 11) is 0. The molecule has 0 radical (unpaired) electrons. The monoisotopic (exact) mass is 390 g/mol. The minimum atomic E-state index is -0.104. The molecule has 0 aliphatic carbocycles. The Labute approximate surface area is 171 Å². The highest BCUT2D eigenvalue weighted by Gasteiger charge is 2.25. The average molecular weight is 390 g/mol. The van der Waals surface area contributed by atoms with Gasteiger partial charge in [0.1, 0.15) is 11.9 Å². The van der Waals surface area contributed by atoms with E-state index in [9.17, 15) is 4.79 Å². The van der Waals surface area contributed by atoms with Gasteiger partial charge in [0.15, 0.2) is 0 Å². The molecule has 1 atom stereocenters. The highest BCUT2D eigenvalue weighted by Crippen LogP contribution is 2.30. The van der Waals surface area contributed by atoms with Crippen LogP contribution in [-0.4, -0.2) is 40.2 Å². The SMILES string of the molecule is O=C(CN1Cc2ccccc2OC(c2ccccc2)C1)NCCCn1cccn1. The lowest BCUT2D eigenvalue weighted by Crippen LogP contribution is -2.39. The number of nitrogens with zero attached hydrogens (tertiary/aromatic N) is 3. The molecule has 6 nitrogen and oxygen atoms in total. The quantitative estimate of drug-likeness (QED) is 0.630. The number of aromatic nitrogens is 2. The zero-order valence-electron chi connectivity index (χ0n) is 16.4. The van der Waals surface area contributed by atoms with E-state index in [1.165, 1.54) is 0 Å². The fraction of sp³-hybridized carbons (Fsp3) is 0.304. The second-order valence-corrected chi connectivity index (χ2v) is 7.27. The fourth-order valence-electron chi connectivity index (χ4n) is 3.60. The first-order valence-corrected chi connectivity index (χ1v) is 10.0. The summed E-state index contributed by atoms with van der Waals surface area (Å²) < 4.78 is 8.19. The van der Waals surface area contributed by atoms with Gasteiger partial charge in [0.05, 0.1) is 6.54 Å². The van der Waals surface area contributed by atoms with E-state index in [2.05, 4.69) is 33.5 Å². The molecule has 1 aliphatic heterocycles. The Bertz CT molecular complexity index is 912. The summed E-state index contributed by atoms with van der Waals surface area (Å²) in [4.78, 5) is 14.7. The molecular weight excluding hydrogens is 364 g/mol. The van der Waals surface area contributed by atoms with Gasteiger partial charge in [-0.05, 0) is 24.1 Å². The third kappa shape index (κ3) is 5.23. The Morgan fingerprint density at radius 2 is 1.93 bits per heavy atom. The minimum Gasteiger partial charge on any atom is -0.484 e. The normalized spacial score (nSPS) is 16.5. The number of hydrogen-bond donors (Lipinski definition) is 1. The van der Waals surface area contributed by atoms with Crippen molar-refractivity contribution >= 4 is 5.91 Å². The summed E-state index contributed by atoms with van der Waals surface area (Å²) in [6.45, 7) is 3.15. The molecule has 29 heavy (non-hydrogen) atoms. The molecule has 2 aromatic carbocycles. The molecule has 0 bridgehead atoms. The van der Waals surface area contributed by atoms with Gasteiger partial charge in [-0.25, -0.2) is 0 Å². The Morgan fingerprint density at radius 1 is 1.10 bits per heavy atom. The fourth-order valence-corrected chi connectivity index (χ4v) is 3.60. The molecule has 6 heteroatoms. The molecule has 0 saturated heterocycles. The van der Waals surface area contributed by atoms with E-state index in [4.69, 9.17) is 4.74 Å². The first-order chi connectivity index (χ1) is 14.3. The van der Waals surface area contributed by atoms with Crippen LogP contribution in [0.4, 0.5) is 0 Å². The van der Waals surface area contributed by atoms with Crippen LogP contribution >= 0.6 is 0 Å². The van der Waals surface area contributed by atoms with Crippen molar-refractivity contribution in [1.29, 1.82) is 0 Å². The van der Waals surface area contributed by atoms with Gasteiger partial charge in [0.25, 0.3) is 0 Å². The first kappa shape index (κ1) is 19.2. The lowest BCUT2D eigenvalue weighted by Gasteiger charge is -2.23. The largest absolute Gasteiger partial charge is 0.484 e. The Kier molecular flexibility index (Phi) is 6.22. The third-order valence-electron chi connectivity index (χ3n) is 5.04. The van der Waals surface area contributed by atoms with Crippen LogP contribution in [0.25, 0.3) is 0 Å². The summed E-state index contributed by atoms with van der Waals surface area (Å²) in [5, 5.41) is 7.21. The highest BCUT2D eigenvalue weighted by atomic mass is 16.5. The van der Waals surface area contributed by atoms with Crippen molar-refractivity contribution in [2.75, 3.05) is 19.6 Å². The zero-order chi connectivity index (χ0) is 19.9. The lowest BCUT2D eigenvalue weighted by molar-refractivity contribution is -0.122. The van der Waals surface area contributed by atoms with Gasteiger partial charge in [-0.3, -0.25) is 14.4 Å². The number of carbonyl (C=O) groups excluding carboxylic acids is 1. The molecule has 3 aromatic rings. The zero-order valence-corrected chi connectivity index (χ0v) is 16.4. The summed E-state index contributed by atoms with van der Waals surface area (Å²) in [6, 6.07) is 20.2. The van der Waals surface area contributed by atoms with Gasteiger partial charge in [-0.2, -0.15) is 5.10 Å². The van der Waals surface area contributed by atoms with Gasteiger partial charge < -0.3 is 10.1 Å². The van der Waals surface area contributed by atoms with E-state index in [1.807, 2.05) is 53.3 Å². The van der Waals surface area contributed by atoms with Crippen LogP contribution in [0.1, 0.15) is 23.7 Å². The van der Waals surface area contributed by atoms with E-state index in [0.717, 1.165) is 29.8 Å². The Hall–Kier alpha value is -3.12. The number of aryl methyl sites for hydroxylation is 1. The van der Waals surface area contributed by atoms with Gasteiger partial charge >= 0.3 is 0 Å². The van der Waals surface area contributed by atoms with Crippen LogP contribution in [-0.2, 0) is 17.9 Å². The molecule has 0 fully saturated rings. The summed E-state index contributed by atoms with van der Waals surface area (Å²) >= 11 is 0. The average Bonchev–Trinajstić information content (AvgIpc) is 3.19. The number of benzene rings is 2. The van der Waals surface area contributed by atoms with E-state index in [0.29, 0.717) is 26.2 Å². The number of amides is 1. The maximum absolute atomic E-state index is 12.5. The molecule has 0 saturated carbocycles. The maximum Gasteiger partial charge on any atom is 0.234 e. The molecule has 150 valence electrons.